The fourth-order valence-electron chi connectivity index (χ4n) is 3.66. The largest absolute Gasteiger partial charge is 0.493 e. The molecule has 2 atom stereocenters. The minimum absolute atomic E-state index is 0.0296. The topological polar surface area (TPSA) is 87.1 Å². The van der Waals surface area contributed by atoms with Gasteiger partial charge < -0.3 is 19.5 Å². The second-order valence-corrected chi connectivity index (χ2v) is 8.44. The molecule has 8 heteroatoms. The third-order valence-electron chi connectivity index (χ3n) is 6.28. The molecule has 1 fully saturated rings. The molecule has 0 radical (unpaired) electrons. The SMILES string of the molecule is COc1ccc(CN2CCN([C@@H](C)C(=O)N[C@@](C)(C#N)C(C)C)CC2)c(OC)c1OC. The molecule has 0 saturated carbocycles. The summed E-state index contributed by atoms with van der Waals surface area (Å²) in [7, 11) is 4.84. The molecule has 1 aliphatic rings. The Kier molecular flexibility index (Phi) is 8.54. The molecule has 1 aromatic carbocycles. The summed E-state index contributed by atoms with van der Waals surface area (Å²) in [5, 5.41) is 12.4. The van der Waals surface area contributed by atoms with Crippen molar-refractivity contribution in [2.24, 2.45) is 5.92 Å². The van der Waals surface area contributed by atoms with E-state index in [1.165, 1.54) is 0 Å². The molecule has 1 aromatic rings. The average molecular weight is 433 g/mol. The van der Waals surface area contributed by atoms with Crippen molar-refractivity contribution in [1.29, 1.82) is 5.26 Å². The van der Waals surface area contributed by atoms with Crippen LogP contribution in [-0.2, 0) is 11.3 Å². The number of hydrogen-bond acceptors (Lipinski definition) is 7. The quantitative estimate of drug-likeness (QED) is 0.640. The lowest BCUT2D eigenvalue weighted by Gasteiger charge is -2.38. The second kappa shape index (κ2) is 10.7. The smallest absolute Gasteiger partial charge is 0.238 e. The van der Waals surface area contributed by atoms with E-state index < -0.39 is 5.54 Å². The van der Waals surface area contributed by atoms with E-state index in [9.17, 15) is 10.1 Å². The van der Waals surface area contributed by atoms with Crippen LogP contribution in [0, 0.1) is 17.2 Å². The van der Waals surface area contributed by atoms with E-state index in [0.717, 1.165) is 38.3 Å². The first-order chi connectivity index (χ1) is 14.7. The predicted octanol–water partition coefficient (Wildman–Crippen LogP) is 2.27. The molecule has 172 valence electrons. The zero-order valence-electron chi connectivity index (χ0n) is 19.8. The van der Waals surface area contributed by atoms with Crippen LogP contribution < -0.4 is 19.5 Å². The summed E-state index contributed by atoms with van der Waals surface area (Å²) in [6.07, 6.45) is 0. The Hall–Kier alpha value is -2.50. The molecular formula is C23H36N4O4. The van der Waals surface area contributed by atoms with Crippen molar-refractivity contribution in [1.82, 2.24) is 15.1 Å². The summed E-state index contributed by atoms with van der Waals surface area (Å²) in [6.45, 7) is 11.5. The maximum absolute atomic E-state index is 12.7. The summed E-state index contributed by atoms with van der Waals surface area (Å²) in [5.74, 6) is 1.84. The first-order valence-corrected chi connectivity index (χ1v) is 10.7. The molecule has 1 aliphatic heterocycles. The summed E-state index contributed by atoms with van der Waals surface area (Å²) in [6, 6.07) is 5.84. The number of hydrogen-bond donors (Lipinski definition) is 1. The highest BCUT2D eigenvalue weighted by atomic mass is 16.5. The van der Waals surface area contributed by atoms with Gasteiger partial charge in [-0.2, -0.15) is 5.26 Å². The Balaban J connectivity index is 1.99. The highest BCUT2D eigenvalue weighted by molar-refractivity contribution is 5.82. The van der Waals surface area contributed by atoms with Crippen LogP contribution >= 0.6 is 0 Å². The first kappa shape index (κ1) is 24.8. The van der Waals surface area contributed by atoms with E-state index in [1.54, 1.807) is 28.3 Å². The van der Waals surface area contributed by atoms with Crippen molar-refractivity contribution in [3.8, 4) is 23.3 Å². The van der Waals surface area contributed by atoms with E-state index in [0.29, 0.717) is 17.2 Å². The van der Waals surface area contributed by atoms with Gasteiger partial charge in [-0.3, -0.25) is 14.6 Å². The van der Waals surface area contributed by atoms with Crippen molar-refractivity contribution >= 4 is 5.91 Å². The highest BCUT2D eigenvalue weighted by Crippen LogP contribution is 2.40. The standard InChI is InChI=1S/C23H36N4O4/c1-16(2)23(4,15-24)25-22(28)17(3)27-12-10-26(11-13-27)14-18-8-9-19(29-5)21(31-7)20(18)30-6/h8-9,16-17H,10-14H2,1-7H3,(H,25,28)/t17-,23-/m0/s1. The third-order valence-corrected chi connectivity index (χ3v) is 6.28. The molecule has 1 saturated heterocycles. The number of benzene rings is 1. The molecule has 0 bridgehead atoms. The van der Waals surface area contributed by atoms with Crippen LogP contribution in [0.2, 0.25) is 0 Å². The van der Waals surface area contributed by atoms with Crippen LogP contribution in [0.3, 0.4) is 0 Å². The van der Waals surface area contributed by atoms with Gasteiger partial charge in [0.25, 0.3) is 0 Å². The molecule has 1 heterocycles. The molecule has 1 amide bonds. The van der Waals surface area contributed by atoms with Gasteiger partial charge in [-0.05, 0) is 25.8 Å². The molecule has 0 spiro atoms. The fourth-order valence-corrected chi connectivity index (χ4v) is 3.66. The number of carbonyl (C=O) groups is 1. The van der Waals surface area contributed by atoms with E-state index in [-0.39, 0.29) is 17.9 Å². The van der Waals surface area contributed by atoms with Crippen molar-refractivity contribution in [3.63, 3.8) is 0 Å². The molecule has 0 aromatic heterocycles. The maximum Gasteiger partial charge on any atom is 0.238 e. The van der Waals surface area contributed by atoms with E-state index in [1.807, 2.05) is 32.9 Å². The molecule has 0 aliphatic carbocycles. The number of amides is 1. The average Bonchev–Trinajstić information content (AvgIpc) is 2.78. The van der Waals surface area contributed by atoms with Crippen LogP contribution in [0.5, 0.6) is 17.2 Å². The minimum Gasteiger partial charge on any atom is -0.493 e. The van der Waals surface area contributed by atoms with Crippen molar-refractivity contribution in [2.75, 3.05) is 47.5 Å². The number of methoxy groups -OCH3 is 3. The number of carbonyl (C=O) groups excluding carboxylic acids is 1. The van der Waals surface area contributed by atoms with Gasteiger partial charge in [0.1, 0.15) is 5.54 Å². The maximum atomic E-state index is 12.7. The molecule has 2 rings (SSSR count). The van der Waals surface area contributed by atoms with Gasteiger partial charge in [0.2, 0.25) is 11.7 Å². The van der Waals surface area contributed by atoms with Gasteiger partial charge in [-0.15, -0.1) is 0 Å². The number of ether oxygens (including phenoxy) is 3. The zero-order chi connectivity index (χ0) is 23.2. The van der Waals surface area contributed by atoms with Crippen LogP contribution in [0.15, 0.2) is 12.1 Å². The summed E-state index contributed by atoms with van der Waals surface area (Å²) in [5.41, 5.74) is 0.165. The summed E-state index contributed by atoms with van der Waals surface area (Å²) < 4.78 is 16.4. The van der Waals surface area contributed by atoms with Crippen LogP contribution in [0.25, 0.3) is 0 Å². The van der Waals surface area contributed by atoms with Crippen LogP contribution in [0.4, 0.5) is 0 Å². The van der Waals surface area contributed by atoms with Gasteiger partial charge >= 0.3 is 0 Å². The monoisotopic (exact) mass is 432 g/mol. The normalized spacial score (nSPS) is 18.0. The van der Waals surface area contributed by atoms with Crippen LogP contribution in [0.1, 0.15) is 33.3 Å². The Morgan fingerprint density at radius 3 is 2.19 bits per heavy atom. The Morgan fingerprint density at radius 2 is 1.71 bits per heavy atom. The third kappa shape index (κ3) is 5.60. The van der Waals surface area contributed by atoms with Gasteiger partial charge in [-0.1, -0.05) is 19.9 Å². The lowest BCUT2D eigenvalue weighted by molar-refractivity contribution is -0.128. The number of nitrogens with zero attached hydrogens (tertiary/aromatic N) is 3. The molecular weight excluding hydrogens is 396 g/mol. The second-order valence-electron chi connectivity index (χ2n) is 8.44. The summed E-state index contributed by atoms with van der Waals surface area (Å²) >= 11 is 0. The minimum atomic E-state index is -0.864. The van der Waals surface area contributed by atoms with E-state index in [4.69, 9.17) is 14.2 Å². The van der Waals surface area contributed by atoms with Gasteiger partial charge in [0, 0.05) is 38.3 Å². The van der Waals surface area contributed by atoms with Gasteiger partial charge in [-0.25, -0.2) is 0 Å². The zero-order valence-corrected chi connectivity index (χ0v) is 19.8. The number of nitriles is 1. The van der Waals surface area contributed by atoms with Gasteiger partial charge in [0.15, 0.2) is 11.5 Å². The molecule has 0 unspecified atom stereocenters. The van der Waals surface area contributed by atoms with Gasteiger partial charge in [0.05, 0.1) is 33.4 Å². The van der Waals surface area contributed by atoms with Crippen LogP contribution in [-0.4, -0.2) is 74.8 Å². The Labute approximate surface area is 186 Å². The van der Waals surface area contributed by atoms with Crippen molar-refractivity contribution in [3.05, 3.63) is 17.7 Å². The molecule has 8 nitrogen and oxygen atoms in total. The fraction of sp³-hybridized carbons (Fsp3) is 0.652. The number of rotatable bonds is 9. The van der Waals surface area contributed by atoms with E-state index in [2.05, 4.69) is 21.2 Å². The Bertz CT molecular complexity index is 800. The number of nitrogens with one attached hydrogen (secondary N) is 1. The highest BCUT2D eigenvalue weighted by Gasteiger charge is 2.34. The van der Waals surface area contributed by atoms with Crippen molar-refractivity contribution in [2.45, 2.75) is 45.8 Å². The van der Waals surface area contributed by atoms with E-state index >= 15 is 0 Å². The first-order valence-electron chi connectivity index (χ1n) is 10.7. The lowest BCUT2D eigenvalue weighted by Crippen LogP contribution is -2.58. The van der Waals surface area contributed by atoms with Crippen molar-refractivity contribution < 1.29 is 19.0 Å². The lowest BCUT2D eigenvalue weighted by atomic mass is 9.89. The molecule has 1 N–H and O–H groups in total. The summed E-state index contributed by atoms with van der Waals surface area (Å²) in [4.78, 5) is 17.2. The molecule has 31 heavy (non-hydrogen) atoms. The predicted molar refractivity (Wildman–Crippen MR) is 119 cm³/mol. The number of piperazine rings is 1. The Morgan fingerprint density at radius 1 is 1.10 bits per heavy atom.